The topological polar surface area (TPSA) is 26.0 Å². The van der Waals surface area contributed by atoms with E-state index in [0.29, 0.717) is 10.6 Å². The molecule has 0 aliphatic heterocycles. The largest absolute Gasteiger partial charge is 0.324 e. The van der Waals surface area contributed by atoms with E-state index in [9.17, 15) is 4.39 Å². The second-order valence-corrected chi connectivity index (χ2v) is 4.22. The van der Waals surface area contributed by atoms with Gasteiger partial charge in [0.25, 0.3) is 0 Å². The zero-order valence-electron chi connectivity index (χ0n) is 9.59. The third kappa shape index (κ3) is 3.62. The summed E-state index contributed by atoms with van der Waals surface area (Å²) in [6, 6.07) is 2.81. The van der Waals surface area contributed by atoms with Gasteiger partial charge in [0, 0.05) is 11.6 Å². The second-order valence-electron chi connectivity index (χ2n) is 3.84. The normalized spacial score (nSPS) is 12.1. The van der Waals surface area contributed by atoms with Gasteiger partial charge in [-0.15, -0.1) is 12.4 Å². The first-order valence-corrected chi connectivity index (χ1v) is 5.65. The highest BCUT2D eigenvalue weighted by Gasteiger charge is 2.16. The smallest absolute Gasteiger partial charge is 0.129 e. The third-order valence-corrected chi connectivity index (χ3v) is 3.06. The molecule has 0 bridgehead atoms. The van der Waals surface area contributed by atoms with Gasteiger partial charge in [-0.1, -0.05) is 37.4 Å². The molecule has 1 aromatic carbocycles. The summed E-state index contributed by atoms with van der Waals surface area (Å²) in [5, 5.41) is 0.471. The van der Waals surface area contributed by atoms with Crippen molar-refractivity contribution in [2.24, 2.45) is 5.73 Å². The monoisotopic (exact) mass is 265 g/mol. The lowest BCUT2D eigenvalue weighted by Gasteiger charge is -2.15. The molecule has 4 heteroatoms. The number of rotatable bonds is 4. The van der Waals surface area contributed by atoms with Crippen molar-refractivity contribution in [3.8, 4) is 0 Å². The molecule has 92 valence electrons. The summed E-state index contributed by atoms with van der Waals surface area (Å²) in [5.74, 6) is -0.297. The Morgan fingerprint density at radius 2 is 2.06 bits per heavy atom. The van der Waals surface area contributed by atoms with Crippen LogP contribution in [-0.2, 0) is 0 Å². The summed E-state index contributed by atoms with van der Waals surface area (Å²) >= 11 is 6.05. The fourth-order valence-corrected chi connectivity index (χ4v) is 1.88. The first-order valence-electron chi connectivity index (χ1n) is 5.28. The van der Waals surface area contributed by atoms with E-state index in [2.05, 4.69) is 6.92 Å². The van der Waals surface area contributed by atoms with Crippen LogP contribution in [0.3, 0.4) is 0 Å². The Balaban J connectivity index is 0.00000225. The Morgan fingerprint density at radius 3 is 2.62 bits per heavy atom. The van der Waals surface area contributed by atoms with Gasteiger partial charge in [0.05, 0.1) is 5.02 Å². The van der Waals surface area contributed by atoms with Crippen molar-refractivity contribution in [1.82, 2.24) is 0 Å². The molecule has 16 heavy (non-hydrogen) atoms. The first kappa shape index (κ1) is 15.7. The van der Waals surface area contributed by atoms with Crippen LogP contribution in [0.1, 0.15) is 43.4 Å². The zero-order valence-corrected chi connectivity index (χ0v) is 11.2. The minimum Gasteiger partial charge on any atom is -0.324 e. The van der Waals surface area contributed by atoms with Crippen LogP contribution in [0.2, 0.25) is 5.02 Å². The summed E-state index contributed by atoms with van der Waals surface area (Å²) in [5.41, 5.74) is 7.27. The lowest BCUT2D eigenvalue weighted by Crippen LogP contribution is -2.13. The standard InChI is InChI=1S/C12H17ClFN.ClH/c1-3-4-5-10(15)11-9(14)7-6-8(2)12(11)13;/h6-7,10H,3-5,15H2,1-2H3;1H/t10-;/m0./s1. The van der Waals surface area contributed by atoms with Gasteiger partial charge in [-0.05, 0) is 25.0 Å². The van der Waals surface area contributed by atoms with Gasteiger partial charge in [-0.25, -0.2) is 4.39 Å². The van der Waals surface area contributed by atoms with E-state index in [0.717, 1.165) is 24.8 Å². The maximum Gasteiger partial charge on any atom is 0.129 e. The van der Waals surface area contributed by atoms with E-state index in [1.165, 1.54) is 6.07 Å². The van der Waals surface area contributed by atoms with Crippen molar-refractivity contribution in [2.45, 2.75) is 39.2 Å². The molecule has 0 aliphatic rings. The highest BCUT2D eigenvalue weighted by molar-refractivity contribution is 6.32. The molecule has 0 aliphatic carbocycles. The second kappa shape index (κ2) is 7.10. The molecule has 2 N–H and O–H groups in total. The van der Waals surface area contributed by atoms with E-state index in [4.69, 9.17) is 17.3 Å². The van der Waals surface area contributed by atoms with Crippen LogP contribution in [0.4, 0.5) is 4.39 Å². The lowest BCUT2D eigenvalue weighted by molar-refractivity contribution is 0.547. The minimum absolute atomic E-state index is 0. The summed E-state index contributed by atoms with van der Waals surface area (Å²) < 4.78 is 13.5. The summed E-state index contributed by atoms with van der Waals surface area (Å²) in [6.07, 6.45) is 2.82. The van der Waals surface area contributed by atoms with Crippen LogP contribution in [0.15, 0.2) is 12.1 Å². The molecule has 0 radical (unpaired) electrons. The van der Waals surface area contributed by atoms with Crippen LogP contribution >= 0.6 is 24.0 Å². The molecular formula is C12H18Cl2FN. The van der Waals surface area contributed by atoms with Gasteiger partial charge in [0.15, 0.2) is 0 Å². The summed E-state index contributed by atoms with van der Waals surface area (Å²) in [7, 11) is 0. The molecule has 0 saturated carbocycles. The molecule has 0 amide bonds. The zero-order chi connectivity index (χ0) is 11.4. The average molecular weight is 266 g/mol. The van der Waals surface area contributed by atoms with Crippen molar-refractivity contribution in [3.63, 3.8) is 0 Å². The van der Waals surface area contributed by atoms with Crippen LogP contribution < -0.4 is 5.73 Å². The summed E-state index contributed by atoms with van der Waals surface area (Å²) in [4.78, 5) is 0. The van der Waals surface area contributed by atoms with Crippen LogP contribution in [0, 0.1) is 12.7 Å². The van der Waals surface area contributed by atoms with Crippen LogP contribution in [0.25, 0.3) is 0 Å². The fraction of sp³-hybridized carbons (Fsp3) is 0.500. The number of nitrogens with two attached hydrogens (primary N) is 1. The van der Waals surface area contributed by atoms with E-state index in [1.54, 1.807) is 6.07 Å². The van der Waals surface area contributed by atoms with E-state index in [1.807, 2.05) is 6.92 Å². The maximum absolute atomic E-state index is 13.5. The molecule has 0 heterocycles. The number of halogens is 3. The van der Waals surface area contributed by atoms with Crippen molar-refractivity contribution in [3.05, 3.63) is 34.1 Å². The first-order chi connectivity index (χ1) is 7.07. The predicted molar refractivity (Wildman–Crippen MR) is 69.8 cm³/mol. The molecule has 0 saturated heterocycles. The number of unbranched alkanes of at least 4 members (excludes halogenated alkanes) is 1. The molecule has 0 unspecified atom stereocenters. The van der Waals surface area contributed by atoms with Gasteiger partial charge >= 0.3 is 0 Å². The highest BCUT2D eigenvalue weighted by atomic mass is 35.5. The number of aryl methyl sites for hydroxylation is 1. The molecule has 1 atom stereocenters. The van der Waals surface area contributed by atoms with Crippen molar-refractivity contribution < 1.29 is 4.39 Å². The van der Waals surface area contributed by atoms with Gasteiger partial charge < -0.3 is 5.73 Å². The molecule has 1 aromatic rings. The van der Waals surface area contributed by atoms with E-state index in [-0.39, 0.29) is 24.3 Å². The fourth-order valence-electron chi connectivity index (χ4n) is 1.59. The highest BCUT2D eigenvalue weighted by Crippen LogP contribution is 2.30. The third-order valence-electron chi connectivity index (χ3n) is 2.56. The maximum atomic E-state index is 13.5. The van der Waals surface area contributed by atoms with Gasteiger partial charge in [0.1, 0.15) is 5.82 Å². The average Bonchev–Trinajstić information content (AvgIpc) is 2.21. The Hall–Kier alpha value is -0.310. The van der Waals surface area contributed by atoms with Crippen molar-refractivity contribution >= 4 is 24.0 Å². The SMILES string of the molecule is CCCC[C@H](N)c1c(F)ccc(C)c1Cl.Cl. The molecular weight excluding hydrogens is 248 g/mol. The van der Waals surface area contributed by atoms with E-state index < -0.39 is 0 Å². The Labute approximate surface area is 108 Å². The number of hydrogen-bond acceptors (Lipinski definition) is 1. The molecule has 0 fully saturated rings. The Kier molecular flexibility index (Phi) is 6.96. The van der Waals surface area contributed by atoms with Crippen LogP contribution in [0.5, 0.6) is 0 Å². The Bertz CT molecular complexity index is 342. The van der Waals surface area contributed by atoms with Gasteiger partial charge in [-0.3, -0.25) is 0 Å². The molecule has 1 nitrogen and oxygen atoms in total. The quantitative estimate of drug-likeness (QED) is 0.858. The molecule has 1 rings (SSSR count). The van der Waals surface area contributed by atoms with Gasteiger partial charge in [-0.2, -0.15) is 0 Å². The van der Waals surface area contributed by atoms with Crippen molar-refractivity contribution in [1.29, 1.82) is 0 Å². The summed E-state index contributed by atoms with van der Waals surface area (Å²) in [6.45, 7) is 3.94. The van der Waals surface area contributed by atoms with E-state index >= 15 is 0 Å². The Morgan fingerprint density at radius 1 is 1.44 bits per heavy atom. The number of hydrogen-bond donors (Lipinski definition) is 1. The van der Waals surface area contributed by atoms with Crippen molar-refractivity contribution in [2.75, 3.05) is 0 Å². The number of benzene rings is 1. The lowest BCUT2D eigenvalue weighted by atomic mass is 9.99. The van der Waals surface area contributed by atoms with Crippen LogP contribution in [-0.4, -0.2) is 0 Å². The minimum atomic E-state index is -0.297. The molecule has 0 spiro atoms. The molecule has 0 aromatic heterocycles. The predicted octanol–water partition coefficient (Wildman–Crippen LogP) is 4.40. The van der Waals surface area contributed by atoms with Gasteiger partial charge in [0.2, 0.25) is 0 Å².